The molecule has 5 heteroatoms. The minimum Gasteiger partial charge on any atom is -0.464 e. The normalized spacial score (nSPS) is 13.5. The highest BCUT2D eigenvalue weighted by atomic mass is 16.3. The number of benzene rings is 7. The summed E-state index contributed by atoms with van der Waals surface area (Å²) in [5.41, 5.74) is 26.6. The lowest BCUT2D eigenvalue weighted by atomic mass is 9.33. The SMILES string of the molecule is Cc1cc2c3c(c1)N(c1c(C)cc(C(C)(C)C)cc1C)c1cc(-c4ccc5ccoc5c4)ccc1B3c1ccc(-c3ccc4ccoc4c3)cc1N2c1c(C)cc(C(C)(C)C)cc1C. The minimum absolute atomic E-state index is 0.0180. The van der Waals surface area contributed by atoms with E-state index < -0.39 is 0 Å². The highest BCUT2D eigenvalue weighted by molar-refractivity contribution is 7.00. The van der Waals surface area contributed by atoms with Gasteiger partial charge >= 0.3 is 0 Å². The summed E-state index contributed by atoms with van der Waals surface area (Å²) in [5.74, 6) is 0. The van der Waals surface area contributed by atoms with E-state index in [4.69, 9.17) is 8.83 Å². The standard InChI is InChI=1S/C59H55BN2O2/c1-34-24-51-55-52(25-34)62(57-37(4)28-46(29-38(57)5)59(9,10)11)50-31-42(44-15-13-40-21-23-64-54(40)33-44)17-19-48(50)60(55)47-18-16-41(43-14-12-39-20-22-63-53(39)32-43)30-49(47)61(51)56-35(2)26-45(27-36(56)3)58(6,7)8/h12-33H,1-11H3. The lowest BCUT2D eigenvalue weighted by molar-refractivity contribution is 0.589. The maximum atomic E-state index is 5.93. The minimum atomic E-state index is -0.0183. The van der Waals surface area contributed by atoms with Crippen molar-refractivity contribution in [2.45, 2.75) is 87.0 Å². The van der Waals surface area contributed by atoms with E-state index in [1.54, 1.807) is 12.5 Å². The van der Waals surface area contributed by atoms with Crippen LogP contribution in [0.25, 0.3) is 44.2 Å². The largest absolute Gasteiger partial charge is 0.464 e. The molecule has 2 aromatic heterocycles. The quantitative estimate of drug-likeness (QED) is 0.165. The molecule has 4 nitrogen and oxygen atoms in total. The maximum absolute atomic E-state index is 5.93. The molecule has 0 aliphatic carbocycles. The fraction of sp³-hybridized carbons (Fsp3) is 0.220. The first kappa shape index (κ1) is 40.1. The van der Waals surface area contributed by atoms with Gasteiger partial charge in [-0.25, -0.2) is 0 Å². The Hall–Kier alpha value is -6.72. The molecule has 64 heavy (non-hydrogen) atoms. The van der Waals surface area contributed by atoms with Crippen LogP contribution in [0.4, 0.5) is 34.1 Å². The first-order valence-corrected chi connectivity index (χ1v) is 22.7. The second kappa shape index (κ2) is 14.1. The van der Waals surface area contributed by atoms with Gasteiger partial charge in [0.05, 0.1) is 23.9 Å². The van der Waals surface area contributed by atoms with Crippen LogP contribution < -0.4 is 26.2 Å². The van der Waals surface area contributed by atoms with Crippen molar-refractivity contribution in [3.05, 3.63) is 173 Å². The van der Waals surface area contributed by atoms with Crippen LogP contribution in [0.15, 0.2) is 143 Å². The monoisotopic (exact) mass is 834 g/mol. The van der Waals surface area contributed by atoms with E-state index in [1.807, 2.05) is 12.1 Å². The zero-order valence-corrected chi connectivity index (χ0v) is 39.0. The average molecular weight is 835 g/mol. The van der Waals surface area contributed by atoms with Crippen LogP contribution in [-0.2, 0) is 10.8 Å². The van der Waals surface area contributed by atoms with Crippen molar-refractivity contribution < 1.29 is 8.83 Å². The van der Waals surface area contributed by atoms with Crippen LogP contribution in [0, 0.1) is 34.6 Å². The molecule has 0 fully saturated rings. The molecular formula is C59H55BN2O2. The molecule has 0 atom stereocenters. The molecule has 7 aromatic carbocycles. The van der Waals surface area contributed by atoms with Gasteiger partial charge in [-0.3, -0.25) is 0 Å². The maximum Gasteiger partial charge on any atom is 0.252 e. The van der Waals surface area contributed by atoms with Gasteiger partial charge in [-0.2, -0.15) is 0 Å². The molecule has 11 rings (SSSR count). The summed E-state index contributed by atoms with van der Waals surface area (Å²) < 4.78 is 11.9. The van der Waals surface area contributed by atoms with Crippen molar-refractivity contribution in [3.63, 3.8) is 0 Å². The van der Waals surface area contributed by atoms with Gasteiger partial charge in [-0.1, -0.05) is 114 Å². The molecule has 0 saturated carbocycles. The number of hydrogen-bond donors (Lipinski definition) is 0. The Bertz CT molecular complexity index is 3120. The highest BCUT2D eigenvalue weighted by Gasteiger charge is 2.44. The molecule has 0 amide bonds. The summed E-state index contributed by atoms with van der Waals surface area (Å²) in [6.45, 7) is 25.3. The average Bonchev–Trinajstić information content (AvgIpc) is 3.93. The van der Waals surface area contributed by atoms with E-state index >= 15 is 0 Å². The van der Waals surface area contributed by atoms with Gasteiger partial charge in [0.15, 0.2) is 0 Å². The van der Waals surface area contributed by atoms with Crippen LogP contribution >= 0.6 is 0 Å². The van der Waals surface area contributed by atoms with Crippen molar-refractivity contribution in [1.29, 1.82) is 0 Å². The summed E-state index contributed by atoms with van der Waals surface area (Å²) in [7, 11) is 0. The van der Waals surface area contributed by atoms with Crippen LogP contribution in [0.3, 0.4) is 0 Å². The first-order valence-electron chi connectivity index (χ1n) is 22.7. The lowest BCUT2D eigenvalue weighted by Gasteiger charge is -2.46. The summed E-state index contributed by atoms with van der Waals surface area (Å²) in [4.78, 5) is 5.20. The molecule has 0 unspecified atom stereocenters. The Morgan fingerprint density at radius 2 is 0.781 bits per heavy atom. The Labute approximate surface area is 378 Å². The molecule has 0 saturated heterocycles. The van der Waals surface area contributed by atoms with Crippen LogP contribution in [-0.4, -0.2) is 6.71 Å². The number of furan rings is 2. The summed E-state index contributed by atoms with van der Waals surface area (Å²) in [6.07, 6.45) is 3.55. The van der Waals surface area contributed by atoms with Crippen LogP contribution in [0.1, 0.15) is 80.5 Å². The van der Waals surface area contributed by atoms with E-state index in [1.165, 1.54) is 89.5 Å². The Balaban J connectivity index is 1.22. The Morgan fingerprint density at radius 1 is 0.406 bits per heavy atom. The van der Waals surface area contributed by atoms with E-state index in [2.05, 4.69) is 195 Å². The lowest BCUT2D eigenvalue weighted by Crippen LogP contribution is -2.61. The van der Waals surface area contributed by atoms with Crippen LogP contribution in [0.5, 0.6) is 0 Å². The second-order valence-corrected chi connectivity index (χ2v) is 20.6. The number of nitrogens with zero attached hydrogens (tertiary/aromatic N) is 2. The Morgan fingerprint density at radius 3 is 1.17 bits per heavy atom. The van der Waals surface area contributed by atoms with Crippen LogP contribution in [0.2, 0.25) is 0 Å². The molecule has 2 aliphatic heterocycles. The zero-order valence-electron chi connectivity index (χ0n) is 39.0. The predicted molar refractivity (Wildman–Crippen MR) is 272 cm³/mol. The van der Waals surface area contributed by atoms with E-state index in [0.717, 1.165) is 44.2 Å². The van der Waals surface area contributed by atoms with Crippen molar-refractivity contribution in [2.24, 2.45) is 0 Å². The van der Waals surface area contributed by atoms with Crippen molar-refractivity contribution >= 4 is 79.2 Å². The van der Waals surface area contributed by atoms with Gasteiger partial charge in [0, 0.05) is 33.5 Å². The summed E-state index contributed by atoms with van der Waals surface area (Å²) in [6, 6.07) is 46.0. The molecule has 0 bridgehead atoms. The van der Waals surface area contributed by atoms with E-state index in [-0.39, 0.29) is 17.5 Å². The number of fused-ring (bicyclic) bond motifs is 6. The fourth-order valence-corrected chi connectivity index (χ4v) is 10.7. The van der Waals surface area contributed by atoms with Gasteiger partial charge in [-0.05, 0) is 172 Å². The zero-order chi connectivity index (χ0) is 44.6. The molecule has 2 aliphatic rings. The molecule has 9 aromatic rings. The second-order valence-electron chi connectivity index (χ2n) is 20.6. The topological polar surface area (TPSA) is 32.8 Å². The Kier molecular flexibility index (Phi) is 8.86. The van der Waals surface area contributed by atoms with E-state index in [9.17, 15) is 0 Å². The third-order valence-corrected chi connectivity index (χ3v) is 14.0. The first-order chi connectivity index (χ1) is 30.5. The van der Waals surface area contributed by atoms with Crippen molar-refractivity contribution in [3.8, 4) is 22.3 Å². The summed E-state index contributed by atoms with van der Waals surface area (Å²) in [5, 5.41) is 2.21. The molecule has 0 spiro atoms. The molecular weight excluding hydrogens is 779 g/mol. The third kappa shape index (κ3) is 6.26. The number of anilines is 6. The summed E-state index contributed by atoms with van der Waals surface area (Å²) >= 11 is 0. The van der Waals surface area contributed by atoms with Gasteiger partial charge in [-0.15, -0.1) is 0 Å². The van der Waals surface area contributed by atoms with Gasteiger partial charge in [0.1, 0.15) is 11.2 Å². The van der Waals surface area contributed by atoms with Crippen molar-refractivity contribution in [1.82, 2.24) is 0 Å². The third-order valence-electron chi connectivity index (χ3n) is 14.0. The smallest absolute Gasteiger partial charge is 0.252 e. The van der Waals surface area contributed by atoms with E-state index in [0.29, 0.717) is 0 Å². The molecule has 4 heterocycles. The number of aryl methyl sites for hydroxylation is 5. The molecule has 0 radical (unpaired) electrons. The molecule has 316 valence electrons. The number of rotatable bonds is 4. The molecule has 0 N–H and O–H groups in total. The number of hydrogen-bond acceptors (Lipinski definition) is 4. The van der Waals surface area contributed by atoms with Gasteiger partial charge in [0.25, 0.3) is 6.71 Å². The van der Waals surface area contributed by atoms with Crippen molar-refractivity contribution in [2.75, 3.05) is 9.80 Å². The highest BCUT2D eigenvalue weighted by Crippen LogP contribution is 2.49. The fourth-order valence-electron chi connectivity index (χ4n) is 10.7. The predicted octanol–water partition coefficient (Wildman–Crippen LogP) is 14.7. The van der Waals surface area contributed by atoms with Gasteiger partial charge < -0.3 is 18.6 Å². The van der Waals surface area contributed by atoms with Gasteiger partial charge in [0.2, 0.25) is 0 Å².